The van der Waals surface area contributed by atoms with E-state index in [1.165, 1.54) is 7.05 Å². The Bertz CT molecular complexity index is 1050. The summed E-state index contributed by atoms with van der Waals surface area (Å²) in [4.78, 5) is 12.6. The summed E-state index contributed by atoms with van der Waals surface area (Å²) in [6.07, 6.45) is -3.90. The SMILES string of the molecule is Cn1cc(C(=O)Nc2c(-c3ccccc3)cc(F)c(Cl)c2Cl)c(C(F)(F)F)n1. The molecule has 0 aliphatic carbocycles. The Labute approximate surface area is 166 Å². The molecule has 0 saturated heterocycles. The second kappa shape index (κ2) is 7.44. The molecule has 146 valence electrons. The number of halogens is 6. The van der Waals surface area contributed by atoms with Gasteiger partial charge in [0.15, 0.2) is 5.69 Å². The van der Waals surface area contributed by atoms with Gasteiger partial charge in [0.25, 0.3) is 5.91 Å². The van der Waals surface area contributed by atoms with E-state index in [9.17, 15) is 22.4 Å². The maximum atomic E-state index is 14.1. The van der Waals surface area contributed by atoms with E-state index in [0.29, 0.717) is 5.56 Å². The number of hydrogen-bond acceptors (Lipinski definition) is 2. The van der Waals surface area contributed by atoms with Crippen LogP contribution in [-0.2, 0) is 13.2 Å². The van der Waals surface area contributed by atoms with Crippen molar-refractivity contribution >= 4 is 34.8 Å². The second-order valence-corrected chi connectivity index (χ2v) is 6.55. The highest BCUT2D eigenvalue weighted by Crippen LogP contribution is 2.41. The molecule has 0 bridgehead atoms. The lowest BCUT2D eigenvalue weighted by molar-refractivity contribution is -0.141. The molecule has 4 nitrogen and oxygen atoms in total. The van der Waals surface area contributed by atoms with Gasteiger partial charge in [0, 0.05) is 18.8 Å². The fourth-order valence-corrected chi connectivity index (χ4v) is 3.00. The third-order valence-corrected chi connectivity index (χ3v) is 4.67. The smallest absolute Gasteiger partial charge is 0.320 e. The largest absolute Gasteiger partial charge is 0.435 e. The molecule has 1 amide bonds. The predicted octanol–water partition coefficient (Wildman–Crippen LogP) is 5.80. The Balaban J connectivity index is 2.11. The molecule has 2 aromatic carbocycles. The van der Waals surface area contributed by atoms with Crippen molar-refractivity contribution in [2.45, 2.75) is 6.18 Å². The van der Waals surface area contributed by atoms with Gasteiger partial charge in [-0.3, -0.25) is 9.48 Å². The van der Waals surface area contributed by atoms with Crippen LogP contribution in [0.4, 0.5) is 23.2 Å². The topological polar surface area (TPSA) is 46.9 Å². The summed E-state index contributed by atoms with van der Waals surface area (Å²) < 4.78 is 54.4. The summed E-state index contributed by atoms with van der Waals surface area (Å²) in [5.41, 5.74) is -1.51. The Morgan fingerprint density at radius 2 is 1.79 bits per heavy atom. The minimum atomic E-state index is -4.83. The lowest BCUT2D eigenvalue weighted by atomic mass is 10.0. The van der Waals surface area contributed by atoms with E-state index in [-0.39, 0.29) is 16.3 Å². The molecule has 0 aliphatic rings. The maximum Gasteiger partial charge on any atom is 0.435 e. The van der Waals surface area contributed by atoms with Gasteiger partial charge in [-0.25, -0.2) is 4.39 Å². The summed E-state index contributed by atoms with van der Waals surface area (Å²) >= 11 is 11.9. The number of hydrogen-bond donors (Lipinski definition) is 1. The number of alkyl halides is 3. The molecule has 1 aromatic heterocycles. The van der Waals surface area contributed by atoms with Gasteiger partial charge in [0.2, 0.25) is 0 Å². The first-order valence-corrected chi connectivity index (χ1v) is 8.50. The quantitative estimate of drug-likeness (QED) is 0.420. The van der Waals surface area contributed by atoms with Gasteiger partial charge in [-0.2, -0.15) is 18.3 Å². The highest BCUT2D eigenvalue weighted by Gasteiger charge is 2.39. The van der Waals surface area contributed by atoms with Crippen LogP contribution in [0.2, 0.25) is 10.0 Å². The summed E-state index contributed by atoms with van der Waals surface area (Å²) in [5.74, 6) is -1.94. The van der Waals surface area contributed by atoms with E-state index in [4.69, 9.17) is 23.2 Å². The minimum Gasteiger partial charge on any atom is -0.320 e. The second-order valence-electron chi connectivity index (χ2n) is 5.79. The molecule has 0 atom stereocenters. The van der Waals surface area contributed by atoms with Crippen LogP contribution in [0.5, 0.6) is 0 Å². The number of aromatic nitrogens is 2. The number of nitrogens with zero attached hydrogens (tertiary/aromatic N) is 2. The first-order valence-electron chi connectivity index (χ1n) is 7.74. The maximum absolute atomic E-state index is 14.1. The first kappa shape index (κ1) is 20.2. The lowest BCUT2D eigenvalue weighted by Gasteiger charge is -2.15. The van der Waals surface area contributed by atoms with E-state index in [1.54, 1.807) is 30.3 Å². The number of anilines is 1. The van der Waals surface area contributed by atoms with Crippen LogP contribution in [0, 0.1) is 5.82 Å². The zero-order valence-corrected chi connectivity index (χ0v) is 15.6. The van der Waals surface area contributed by atoms with Crippen LogP contribution in [-0.4, -0.2) is 15.7 Å². The predicted molar refractivity (Wildman–Crippen MR) is 98.0 cm³/mol. The van der Waals surface area contributed by atoms with E-state index >= 15 is 0 Å². The molecule has 10 heteroatoms. The summed E-state index contributed by atoms with van der Waals surface area (Å²) in [6.45, 7) is 0. The molecule has 0 unspecified atom stereocenters. The molecule has 28 heavy (non-hydrogen) atoms. The summed E-state index contributed by atoms with van der Waals surface area (Å²) in [7, 11) is 1.25. The molecule has 3 rings (SSSR count). The highest BCUT2D eigenvalue weighted by molar-refractivity contribution is 6.44. The fraction of sp³-hybridized carbons (Fsp3) is 0.111. The number of carbonyl (C=O) groups is 1. The highest BCUT2D eigenvalue weighted by atomic mass is 35.5. The molecular formula is C18H11Cl2F4N3O. The van der Waals surface area contributed by atoms with Gasteiger partial charge in [0.1, 0.15) is 5.82 Å². The Morgan fingerprint density at radius 3 is 2.39 bits per heavy atom. The number of nitrogens with one attached hydrogen (secondary N) is 1. The molecule has 1 N–H and O–H groups in total. The minimum absolute atomic E-state index is 0.110. The first-order chi connectivity index (χ1) is 13.1. The zero-order valence-electron chi connectivity index (χ0n) is 14.1. The van der Waals surface area contributed by atoms with Crippen LogP contribution < -0.4 is 5.32 Å². The third-order valence-electron chi connectivity index (χ3n) is 3.83. The van der Waals surface area contributed by atoms with Crippen molar-refractivity contribution in [1.82, 2.24) is 9.78 Å². The number of carbonyl (C=O) groups excluding carboxylic acids is 1. The zero-order chi connectivity index (χ0) is 20.6. The van der Waals surface area contributed by atoms with E-state index in [0.717, 1.165) is 16.9 Å². The Kier molecular flexibility index (Phi) is 5.36. The molecule has 0 saturated carbocycles. The van der Waals surface area contributed by atoms with Crippen molar-refractivity contribution in [2.24, 2.45) is 7.05 Å². The van der Waals surface area contributed by atoms with Gasteiger partial charge in [-0.15, -0.1) is 0 Å². The molecular weight excluding hydrogens is 421 g/mol. The van der Waals surface area contributed by atoms with Crippen LogP contribution >= 0.6 is 23.2 Å². The van der Waals surface area contributed by atoms with Crippen LogP contribution in [0.1, 0.15) is 16.1 Å². The van der Waals surface area contributed by atoms with E-state index in [2.05, 4.69) is 10.4 Å². The van der Waals surface area contributed by atoms with Crippen molar-refractivity contribution in [3.8, 4) is 11.1 Å². The molecule has 1 heterocycles. The Hall–Kier alpha value is -2.58. The van der Waals surface area contributed by atoms with Crippen LogP contribution in [0.15, 0.2) is 42.6 Å². The number of benzene rings is 2. The molecule has 0 radical (unpaired) electrons. The van der Waals surface area contributed by atoms with Crippen molar-refractivity contribution < 1.29 is 22.4 Å². The number of rotatable bonds is 3. The standard InChI is InChI=1S/C18H11Cl2F4N3O/c1-27-8-11(16(26-27)18(22,23)24)17(28)25-15-10(9-5-3-2-4-6-9)7-12(21)13(19)14(15)20/h2-8H,1H3,(H,25,28). The molecule has 3 aromatic rings. The average molecular weight is 432 g/mol. The van der Waals surface area contributed by atoms with Crippen molar-refractivity contribution in [3.05, 3.63) is 69.7 Å². The summed E-state index contributed by atoms with van der Waals surface area (Å²) in [5, 5.41) is 4.82. The van der Waals surface area contributed by atoms with Gasteiger partial charge in [-0.1, -0.05) is 53.5 Å². The molecule has 0 spiro atoms. The van der Waals surface area contributed by atoms with Gasteiger partial charge in [0.05, 0.1) is 21.3 Å². The monoisotopic (exact) mass is 431 g/mol. The number of amides is 1. The van der Waals surface area contributed by atoms with E-state index < -0.39 is 34.2 Å². The Morgan fingerprint density at radius 1 is 1.14 bits per heavy atom. The van der Waals surface area contributed by atoms with Crippen molar-refractivity contribution in [1.29, 1.82) is 0 Å². The number of aryl methyl sites for hydroxylation is 1. The van der Waals surface area contributed by atoms with Gasteiger partial charge < -0.3 is 5.32 Å². The van der Waals surface area contributed by atoms with Gasteiger partial charge in [-0.05, 0) is 11.6 Å². The lowest BCUT2D eigenvalue weighted by Crippen LogP contribution is -2.18. The van der Waals surface area contributed by atoms with Gasteiger partial charge >= 0.3 is 6.18 Å². The normalized spacial score (nSPS) is 11.5. The van der Waals surface area contributed by atoms with Crippen molar-refractivity contribution in [3.63, 3.8) is 0 Å². The molecule has 0 fully saturated rings. The van der Waals surface area contributed by atoms with Crippen LogP contribution in [0.25, 0.3) is 11.1 Å². The molecule has 0 aliphatic heterocycles. The van der Waals surface area contributed by atoms with Crippen LogP contribution in [0.3, 0.4) is 0 Å². The summed E-state index contributed by atoms with van der Waals surface area (Å²) in [6, 6.07) is 9.36. The average Bonchev–Trinajstić information content (AvgIpc) is 3.05. The van der Waals surface area contributed by atoms with E-state index in [1.807, 2.05) is 0 Å². The fourth-order valence-electron chi connectivity index (χ4n) is 2.61. The third kappa shape index (κ3) is 3.83. The van der Waals surface area contributed by atoms with Crippen molar-refractivity contribution in [2.75, 3.05) is 5.32 Å².